The number of aromatic nitrogens is 1. The van der Waals surface area contributed by atoms with Crippen LogP contribution in [0.1, 0.15) is 37.7 Å². The molecule has 5 rings (SSSR count). The third-order valence-corrected chi connectivity index (χ3v) is 8.45. The Balaban J connectivity index is 0.952. The van der Waals surface area contributed by atoms with Crippen LogP contribution in [-0.4, -0.2) is 66.7 Å². The number of hydrogen-bond acceptors (Lipinski definition) is 5. The lowest BCUT2D eigenvalue weighted by Crippen LogP contribution is -2.48. The zero-order chi connectivity index (χ0) is 24.0. The highest BCUT2D eigenvalue weighted by molar-refractivity contribution is 9.10. The maximum Gasteiger partial charge on any atom is 0.410 e. The van der Waals surface area contributed by atoms with Gasteiger partial charge in [0.05, 0.1) is 0 Å². The van der Waals surface area contributed by atoms with Gasteiger partial charge in [-0.2, -0.15) is 0 Å². The first-order chi connectivity index (χ1) is 17.1. The number of carbonyl (C=O) groups excluding carboxylic acids is 1. The van der Waals surface area contributed by atoms with Gasteiger partial charge in [0.1, 0.15) is 12.4 Å². The molecule has 0 atom stereocenters. The van der Waals surface area contributed by atoms with Gasteiger partial charge in [0, 0.05) is 43.4 Å². The van der Waals surface area contributed by atoms with Crippen LogP contribution in [0.2, 0.25) is 0 Å². The van der Waals surface area contributed by atoms with Gasteiger partial charge in [-0.05, 0) is 80.6 Å². The molecule has 0 radical (unpaired) electrons. The molecule has 1 aromatic heterocycles. The van der Waals surface area contributed by atoms with Crippen LogP contribution in [-0.2, 0) is 11.3 Å². The highest BCUT2D eigenvalue weighted by atomic mass is 79.9. The Bertz CT molecular complexity index is 952. The van der Waals surface area contributed by atoms with E-state index >= 15 is 0 Å². The van der Waals surface area contributed by atoms with Crippen LogP contribution in [0, 0.1) is 17.8 Å². The third-order valence-electron chi connectivity index (χ3n) is 7.96. The molecule has 4 heterocycles. The lowest BCUT2D eigenvalue weighted by atomic mass is 9.83. The van der Waals surface area contributed by atoms with Gasteiger partial charge >= 0.3 is 6.09 Å². The minimum absolute atomic E-state index is 0.168. The molecule has 0 saturated carbocycles. The lowest BCUT2D eigenvalue weighted by Gasteiger charge is -2.43. The fraction of sp³-hybridized carbons (Fsp3) is 0.571. The zero-order valence-corrected chi connectivity index (χ0v) is 22.1. The van der Waals surface area contributed by atoms with Crippen molar-refractivity contribution >= 4 is 27.8 Å². The molecule has 3 aliphatic heterocycles. The number of piperidine rings is 2. The molecule has 0 N–H and O–H groups in total. The van der Waals surface area contributed by atoms with Crippen LogP contribution in [0.25, 0.3) is 0 Å². The molecule has 3 fully saturated rings. The number of amides is 1. The van der Waals surface area contributed by atoms with Gasteiger partial charge < -0.3 is 19.4 Å². The summed E-state index contributed by atoms with van der Waals surface area (Å²) in [6.45, 7) is 7.94. The summed E-state index contributed by atoms with van der Waals surface area (Å²) in [6, 6.07) is 14.0. The summed E-state index contributed by atoms with van der Waals surface area (Å²) in [5.74, 6) is 3.48. The van der Waals surface area contributed by atoms with Crippen LogP contribution in [0.4, 0.5) is 10.6 Å². The summed E-state index contributed by atoms with van der Waals surface area (Å²) in [6.07, 6.45) is 7.90. The van der Waals surface area contributed by atoms with E-state index in [0.29, 0.717) is 12.5 Å². The first-order valence-corrected chi connectivity index (χ1v) is 14.0. The van der Waals surface area contributed by atoms with Crippen LogP contribution in [0.15, 0.2) is 53.1 Å². The van der Waals surface area contributed by atoms with Crippen molar-refractivity contribution in [1.29, 1.82) is 0 Å². The molecule has 2 aromatic rings. The van der Waals surface area contributed by atoms with Crippen LogP contribution < -0.4 is 4.90 Å². The number of nitrogens with zero attached hydrogens (tertiary/aromatic N) is 4. The number of likely N-dealkylation sites (tertiary alicyclic amines) is 2. The first kappa shape index (κ1) is 24.6. The van der Waals surface area contributed by atoms with E-state index in [0.717, 1.165) is 66.7 Å². The van der Waals surface area contributed by atoms with Gasteiger partial charge in [0.15, 0.2) is 0 Å². The van der Waals surface area contributed by atoms with Gasteiger partial charge in [-0.25, -0.2) is 9.78 Å². The van der Waals surface area contributed by atoms with Gasteiger partial charge in [-0.15, -0.1) is 0 Å². The molecule has 6 nitrogen and oxygen atoms in total. The molecule has 7 heteroatoms. The molecule has 0 unspecified atom stereocenters. The number of hydrogen-bond donors (Lipinski definition) is 0. The molecule has 0 aliphatic carbocycles. The van der Waals surface area contributed by atoms with Crippen molar-refractivity contribution in [3.63, 3.8) is 0 Å². The average molecular weight is 542 g/mol. The van der Waals surface area contributed by atoms with E-state index in [1.165, 1.54) is 38.9 Å². The number of halogens is 1. The predicted octanol–water partition coefficient (Wildman–Crippen LogP) is 5.43. The van der Waals surface area contributed by atoms with Crippen molar-refractivity contribution in [2.75, 3.05) is 50.7 Å². The third kappa shape index (κ3) is 6.76. The van der Waals surface area contributed by atoms with Crippen LogP contribution in [0.3, 0.4) is 0 Å². The first-order valence-electron chi connectivity index (χ1n) is 13.2. The summed E-state index contributed by atoms with van der Waals surface area (Å²) >= 11 is 3.55. The van der Waals surface area contributed by atoms with Crippen molar-refractivity contribution in [3.05, 3.63) is 58.7 Å². The SMILES string of the molecule is O=C(OCc1ccccc1)N1CCC(CN2CCC(CC3CN(c4cc(Br)ccn4)C3)CC2)CC1. The molecule has 1 amide bonds. The Morgan fingerprint density at radius 2 is 1.66 bits per heavy atom. The smallest absolute Gasteiger partial charge is 0.410 e. The molecule has 3 aliphatic rings. The largest absolute Gasteiger partial charge is 0.445 e. The predicted molar refractivity (Wildman–Crippen MR) is 142 cm³/mol. The fourth-order valence-electron chi connectivity index (χ4n) is 5.82. The van der Waals surface area contributed by atoms with Gasteiger partial charge in [-0.1, -0.05) is 46.3 Å². The van der Waals surface area contributed by atoms with Crippen molar-refractivity contribution in [1.82, 2.24) is 14.8 Å². The summed E-state index contributed by atoms with van der Waals surface area (Å²) in [4.78, 5) is 23.9. The van der Waals surface area contributed by atoms with E-state index in [1.54, 1.807) is 0 Å². The Labute approximate surface area is 217 Å². The Morgan fingerprint density at radius 3 is 2.37 bits per heavy atom. The molecular weight excluding hydrogens is 504 g/mol. The normalized spacial score (nSPS) is 20.6. The molecule has 1 aromatic carbocycles. The Morgan fingerprint density at radius 1 is 0.943 bits per heavy atom. The quantitative estimate of drug-likeness (QED) is 0.468. The monoisotopic (exact) mass is 540 g/mol. The van der Waals surface area contributed by atoms with E-state index in [2.05, 4.69) is 36.8 Å². The maximum absolute atomic E-state index is 12.4. The summed E-state index contributed by atoms with van der Waals surface area (Å²) in [5.41, 5.74) is 1.04. The standard InChI is InChI=1S/C28H37BrN4O2/c29-26-6-11-30-27(17-26)33-19-25(20-33)16-22-7-12-31(13-8-22)18-23-9-14-32(15-10-23)28(34)35-21-24-4-2-1-3-5-24/h1-6,11,17,22-23,25H,7-10,12-16,18-21H2. The van der Waals surface area contributed by atoms with Gasteiger partial charge in [-0.3, -0.25) is 0 Å². The second-order valence-electron chi connectivity index (χ2n) is 10.6. The van der Waals surface area contributed by atoms with Crippen molar-refractivity contribution < 1.29 is 9.53 Å². The summed E-state index contributed by atoms with van der Waals surface area (Å²) < 4.78 is 6.62. The number of anilines is 1. The topological polar surface area (TPSA) is 48.9 Å². The summed E-state index contributed by atoms with van der Waals surface area (Å²) in [5, 5.41) is 0. The van der Waals surface area contributed by atoms with E-state index in [1.807, 2.05) is 47.5 Å². The number of carbonyl (C=O) groups is 1. The number of ether oxygens (including phenoxy) is 1. The second kappa shape index (κ2) is 11.7. The highest BCUT2D eigenvalue weighted by Crippen LogP contribution is 2.32. The van der Waals surface area contributed by atoms with E-state index in [-0.39, 0.29) is 6.09 Å². The molecule has 0 spiro atoms. The molecular formula is C28H37BrN4O2. The number of benzene rings is 1. The number of pyridine rings is 1. The number of rotatable bonds is 7. The van der Waals surface area contributed by atoms with Crippen LogP contribution >= 0.6 is 15.9 Å². The maximum atomic E-state index is 12.4. The molecule has 0 bridgehead atoms. The Kier molecular flexibility index (Phi) is 8.24. The highest BCUT2D eigenvalue weighted by Gasteiger charge is 2.32. The average Bonchev–Trinajstić information content (AvgIpc) is 2.86. The van der Waals surface area contributed by atoms with Crippen LogP contribution in [0.5, 0.6) is 0 Å². The van der Waals surface area contributed by atoms with E-state index in [4.69, 9.17) is 4.74 Å². The second-order valence-corrected chi connectivity index (χ2v) is 11.5. The Hall–Kier alpha value is -2.12. The molecule has 3 saturated heterocycles. The molecule has 35 heavy (non-hydrogen) atoms. The van der Waals surface area contributed by atoms with Gasteiger partial charge in [0.2, 0.25) is 0 Å². The molecule has 188 valence electrons. The van der Waals surface area contributed by atoms with Crippen molar-refractivity contribution in [2.45, 2.75) is 38.7 Å². The minimum atomic E-state index is -0.168. The zero-order valence-electron chi connectivity index (χ0n) is 20.5. The van der Waals surface area contributed by atoms with E-state index in [9.17, 15) is 4.79 Å². The van der Waals surface area contributed by atoms with E-state index < -0.39 is 0 Å². The van der Waals surface area contributed by atoms with Crippen molar-refractivity contribution in [3.8, 4) is 0 Å². The summed E-state index contributed by atoms with van der Waals surface area (Å²) in [7, 11) is 0. The van der Waals surface area contributed by atoms with Gasteiger partial charge in [0.25, 0.3) is 0 Å². The fourth-order valence-corrected chi connectivity index (χ4v) is 6.15. The minimum Gasteiger partial charge on any atom is -0.445 e. The van der Waals surface area contributed by atoms with Crippen molar-refractivity contribution in [2.24, 2.45) is 17.8 Å². The lowest BCUT2D eigenvalue weighted by molar-refractivity contribution is 0.0727.